The van der Waals surface area contributed by atoms with Crippen LogP contribution in [0.4, 0.5) is 13.2 Å². The molecule has 0 heterocycles. The minimum Gasteiger partial charge on any atom is -0.316 e. The van der Waals surface area contributed by atoms with Crippen molar-refractivity contribution >= 4 is 0 Å². The van der Waals surface area contributed by atoms with Crippen LogP contribution in [0.3, 0.4) is 0 Å². The van der Waals surface area contributed by atoms with Crippen LogP contribution < -0.4 is 0 Å². The monoisotopic (exact) mass is 568 g/mol. The van der Waals surface area contributed by atoms with Crippen molar-refractivity contribution in [2.45, 2.75) is 128 Å². The first kappa shape index (κ1) is 31.9. The molecule has 2 aliphatic carbocycles. The number of allylic oxidation sites excluding steroid dienone is 2. The van der Waals surface area contributed by atoms with E-state index in [2.05, 4.69) is 31.2 Å². The topological polar surface area (TPSA) is 9.23 Å². The summed E-state index contributed by atoms with van der Waals surface area (Å²) >= 11 is 0. The second-order valence-corrected chi connectivity index (χ2v) is 12.7. The molecule has 0 saturated heterocycles. The van der Waals surface area contributed by atoms with Gasteiger partial charge in [0.05, 0.1) is 12.2 Å². The van der Waals surface area contributed by atoms with Gasteiger partial charge in [-0.1, -0.05) is 87.9 Å². The molecule has 2 aliphatic rings. The van der Waals surface area contributed by atoms with E-state index in [1.165, 1.54) is 81.9 Å². The van der Waals surface area contributed by atoms with Gasteiger partial charge in [-0.05, 0) is 117 Å². The quantitative estimate of drug-likeness (QED) is 0.163. The molecule has 226 valence electrons. The number of hydrogen-bond donors (Lipinski definition) is 0. The second kappa shape index (κ2) is 16.0. The Labute approximate surface area is 247 Å². The summed E-state index contributed by atoms with van der Waals surface area (Å²) in [4.78, 5) is 0. The van der Waals surface area contributed by atoms with Crippen LogP contribution in [-0.2, 0) is 17.3 Å². The number of alkyl halides is 2. The van der Waals surface area contributed by atoms with Crippen LogP contribution in [0, 0.1) is 17.7 Å². The van der Waals surface area contributed by atoms with Crippen LogP contribution in [0.25, 0.3) is 0 Å². The van der Waals surface area contributed by atoms with Gasteiger partial charge in [0.1, 0.15) is 5.82 Å². The third-order valence-electron chi connectivity index (χ3n) is 9.70. The van der Waals surface area contributed by atoms with Crippen molar-refractivity contribution in [3.05, 3.63) is 82.7 Å². The lowest BCUT2D eigenvalue weighted by molar-refractivity contribution is -0.249. The molecule has 0 aromatic heterocycles. The maximum Gasteiger partial charge on any atom is 0.386 e. The molecule has 4 heteroatoms. The van der Waals surface area contributed by atoms with Crippen molar-refractivity contribution < 1.29 is 17.9 Å². The van der Waals surface area contributed by atoms with E-state index < -0.39 is 17.5 Å². The van der Waals surface area contributed by atoms with Gasteiger partial charge in [-0.25, -0.2) is 4.39 Å². The van der Waals surface area contributed by atoms with Gasteiger partial charge in [-0.3, -0.25) is 0 Å². The van der Waals surface area contributed by atoms with Crippen molar-refractivity contribution in [2.75, 3.05) is 6.61 Å². The van der Waals surface area contributed by atoms with Gasteiger partial charge in [0.25, 0.3) is 0 Å². The van der Waals surface area contributed by atoms with E-state index in [9.17, 15) is 13.2 Å². The number of ether oxygens (including phenoxy) is 1. The normalized spacial score (nSPS) is 23.7. The molecule has 1 nitrogen and oxygen atoms in total. The van der Waals surface area contributed by atoms with E-state index in [1.807, 2.05) is 19.1 Å². The fourth-order valence-corrected chi connectivity index (χ4v) is 7.09. The van der Waals surface area contributed by atoms with Crippen LogP contribution in [0.2, 0.25) is 0 Å². The van der Waals surface area contributed by atoms with Crippen LogP contribution in [0.5, 0.6) is 0 Å². The first-order valence-corrected chi connectivity index (χ1v) is 16.4. The Kier molecular flexibility index (Phi) is 12.4. The predicted molar refractivity (Wildman–Crippen MR) is 164 cm³/mol. The summed E-state index contributed by atoms with van der Waals surface area (Å²) in [5, 5.41) is 0. The van der Waals surface area contributed by atoms with Gasteiger partial charge in [0.15, 0.2) is 0 Å². The van der Waals surface area contributed by atoms with Gasteiger partial charge >= 0.3 is 6.11 Å². The summed E-state index contributed by atoms with van der Waals surface area (Å²) in [6, 6.07) is 12.6. The van der Waals surface area contributed by atoms with Crippen LogP contribution in [0.1, 0.15) is 138 Å². The Balaban J connectivity index is 1.20. The summed E-state index contributed by atoms with van der Waals surface area (Å²) in [5.41, 5.74) is 2.47. The first-order valence-electron chi connectivity index (χ1n) is 16.4. The molecule has 0 atom stereocenters. The molecule has 0 radical (unpaired) electrons. The molecule has 0 unspecified atom stereocenters. The maximum atomic E-state index is 14.8. The van der Waals surface area contributed by atoms with E-state index in [4.69, 9.17) is 4.74 Å². The zero-order valence-electron chi connectivity index (χ0n) is 25.4. The lowest BCUT2D eigenvalue weighted by atomic mass is 9.77. The molecular formula is C37H51F3O. The second-order valence-electron chi connectivity index (χ2n) is 12.7. The van der Waals surface area contributed by atoms with Crippen molar-refractivity contribution in [3.63, 3.8) is 0 Å². The van der Waals surface area contributed by atoms with E-state index in [0.717, 1.165) is 42.7 Å². The standard InChI is InChI=1S/C37H51F3O/c1-3-5-6-7-8-10-29-13-17-31(18-14-29)32-19-15-30(16-20-32)25-26-41-37(39,40)35-24-23-34(27-36(35)38)33-21-11-28(9-4-2)12-22-33/h4,9,15-16,19-20,23-24,27-29,31,33H,3,5-8,10-14,17-18,21-22,25-26H2,1-2H3/b9-4+. The van der Waals surface area contributed by atoms with Gasteiger partial charge in [-0.2, -0.15) is 8.78 Å². The van der Waals surface area contributed by atoms with E-state index >= 15 is 0 Å². The van der Waals surface area contributed by atoms with E-state index in [0.29, 0.717) is 18.3 Å². The van der Waals surface area contributed by atoms with Crippen LogP contribution >= 0.6 is 0 Å². The highest BCUT2D eigenvalue weighted by molar-refractivity contribution is 5.30. The Morgan fingerprint density at radius 3 is 2.10 bits per heavy atom. The molecule has 0 aliphatic heterocycles. The van der Waals surface area contributed by atoms with Crippen LogP contribution in [0.15, 0.2) is 54.6 Å². The van der Waals surface area contributed by atoms with Crippen LogP contribution in [-0.4, -0.2) is 6.61 Å². The average Bonchev–Trinajstić information content (AvgIpc) is 2.98. The molecule has 2 saturated carbocycles. The van der Waals surface area contributed by atoms with Gasteiger partial charge in [0, 0.05) is 0 Å². The zero-order valence-corrected chi connectivity index (χ0v) is 25.4. The first-order chi connectivity index (χ1) is 19.9. The Morgan fingerprint density at radius 1 is 0.805 bits per heavy atom. The summed E-state index contributed by atoms with van der Waals surface area (Å²) in [5.74, 6) is 1.42. The third-order valence-corrected chi connectivity index (χ3v) is 9.70. The Hall–Kier alpha value is -2.07. The molecule has 0 spiro atoms. The van der Waals surface area contributed by atoms with Gasteiger partial charge < -0.3 is 4.74 Å². The number of rotatable bonds is 14. The Bertz CT molecular complexity index is 1060. The summed E-state index contributed by atoms with van der Waals surface area (Å²) in [6.45, 7) is 4.13. The van der Waals surface area contributed by atoms with E-state index in [-0.39, 0.29) is 12.5 Å². The van der Waals surface area contributed by atoms with Gasteiger partial charge in [-0.15, -0.1) is 0 Å². The molecule has 4 rings (SSSR count). The maximum absolute atomic E-state index is 14.8. The molecule has 41 heavy (non-hydrogen) atoms. The molecule has 0 amide bonds. The highest BCUT2D eigenvalue weighted by atomic mass is 19.3. The number of unbranched alkanes of at least 4 members (excludes halogenated alkanes) is 4. The minimum atomic E-state index is -3.65. The smallest absolute Gasteiger partial charge is 0.316 e. The fourth-order valence-electron chi connectivity index (χ4n) is 7.09. The largest absolute Gasteiger partial charge is 0.386 e. The molecule has 0 bridgehead atoms. The lowest BCUT2D eigenvalue weighted by Crippen LogP contribution is -2.22. The lowest BCUT2D eigenvalue weighted by Gasteiger charge is -2.29. The van der Waals surface area contributed by atoms with Crippen molar-refractivity contribution in [3.8, 4) is 0 Å². The molecule has 2 aromatic carbocycles. The Morgan fingerprint density at radius 2 is 1.44 bits per heavy atom. The molecular weight excluding hydrogens is 517 g/mol. The number of halogens is 3. The third kappa shape index (κ3) is 9.46. The fraction of sp³-hybridized carbons (Fsp3) is 0.622. The summed E-state index contributed by atoms with van der Waals surface area (Å²) < 4.78 is 49.4. The zero-order chi connectivity index (χ0) is 29.1. The number of benzene rings is 2. The van der Waals surface area contributed by atoms with E-state index in [1.54, 1.807) is 6.07 Å². The molecule has 0 N–H and O–H groups in total. The van der Waals surface area contributed by atoms with Gasteiger partial charge in [0.2, 0.25) is 0 Å². The highest BCUT2D eigenvalue weighted by Gasteiger charge is 2.36. The number of hydrogen-bond acceptors (Lipinski definition) is 1. The van der Waals surface area contributed by atoms with Crippen molar-refractivity contribution in [2.24, 2.45) is 11.8 Å². The summed E-state index contributed by atoms with van der Waals surface area (Å²) in [6.07, 6.45) is 18.4. The average molecular weight is 569 g/mol. The molecule has 2 fully saturated rings. The molecule has 2 aromatic rings. The van der Waals surface area contributed by atoms with Crippen molar-refractivity contribution in [1.29, 1.82) is 0 Å². The highest BCUT2D eigenvalue weighted by Crippen LogP contribution is 2.40. The summed E-state index contributed by atoms with van der Waals surface area (Å²) in [7, 11) is 0. The minimum absolute atomic E-state index is 0.161. The van der Waals surface area contributed by atoms with Crippen molar-refractivity contribution in [1.82, 2.24) is 0 Å². The predicted octanol–water partition coefficient (Wildman–Crippen LogP) is 11.6. The SMILES string of the molecule is C/C=C/C1CCC(c2ccc(C(F)(F)OCCc3ccc(C4CCC(CCCCCCC)CC4)cc3)c(F)c2)CC1.